The second kappa shape index (κ2) is 6.73. The number of ether oxygens (including phenoxy) is 1. The fourth-order valence-electron chi connectivity index (χ4n) is 1.84. The van der Waals surface area contributed by atoms with Gasteiger partial charge in [-0.15, -0.1) is 21.5 Å². The van der Waals surface area contributed by atoms with Crippen LogP contribution >= 0.6 is 22.9 Å². The summed E-state index contributed by atoms with van der Waals surface area (Å²) in [5, 5.41) is 10.7. The van der Waals surface area contributed by atoms with Gasteiger partial charge in [0.15, 0.2) is 0 Å². The molecule has 1 aromatic carbocycles. The number of benzene rings is 1. The molecule has 1 aromatic heterocycles. The molecule has 0 aliphatic rings. The van der Waals surface area contributed by atoms with Crippen molar-refractivity contribution >= 4 is 22.9 Å². The van der Waals surface area contributed by atoms with E-state index >= 15 is 0 Å². The van der Waals surface area contributed by atoms with Crippen LogP contribution in [0, 0.1) is 17.0 Å². The van der Waals surface area contributed by atoms with Crippen LogP contribution < -0.4 is 4.74 Å². The van der Waals surface area contributed by atoms with E-state index in [1.165, 1.54) is 11.3 Å². The third-order valence-electron chi connectivity index (χ3n) is 2.81. The Morgan fingerprint density at radius 1 is 1.48 bits per heavy atom. The van der Waals surface area contributed by atoms with Crippen molar-refractivity contribution in [3.8, 4) is 16.3 Å². The van der Waals surface area contributed by atoms with Gasteiger partial charge >= 0.3 is 0 Å². The van der Waals surface area contributed by atoms with Gasteiger partial charge in [-0.25, -0.2) is 4.98 Å². The van der Waals surface area contributed by atoms with Gasteiger partial charge < -0.3 is 9.57 Å². The van der Waals surface area contributed by atoms with E-state index in [-0.39, 0.29) is 6.61 Å². The molecule has 0 atom stereocenters. The van der Waals surface area contributed by atoms with Crippen molar-refractivity contribution in [1.29, 1.82) is 0 Å². The minimum absolute atomic E-state index is 0.0160. The maximum absolute atomic E-state index is 10.2. The first-order chi connectivity index (χ1) is 10.0. The zero-order valence-corrected chi connectivity index (χ0v) is 13.0. The fourth-order valence-corrected chi connectivity index (χ4v) is 3.07. The van der Waals surface area contributed by atoms with Crippen molar-refractivity contribution in [2.24, 2.45) is 0 Å². The van der Waals surface area contributed by atoms with Crippen LogP contribution in [0.25, 0.3) is 10.6 Å². The van der Waals surface area contributed by atoms with Crippen molar-refractivity contribution in [2.45, 2.75) is 13.3 Å². The third kappa shape index (κ3) is 3.83. The molecule has 1 heterocycles. The van der Waals surface area contributed by atoms with E-state index in [2.05, 4.69) is 9.82 Å². The normalized spacial score (nSPS) is 10.4. The number of aryl methyl sites for hydroxylation is 1. The van der Waals surface area contributed by atoms with Gasteiger partial charge in [0.05, 0.1) is 18.4 Å². The van der Waals surface area contributed by atoms with Crippen LogP contribution in [0.4, 0.5) is 0 Å². The zero-order chi connectivity index (χ0) is 15.4. The summed E-state index contributed by atoms with van der Waals surface area (Å²) in [6.07, 6.45) is 0.438. The lowest BCUT2D eigenvalue weighted by Crippen LogP contribution is -2.04. The Morgan fingerprint density at radius 2 is 2.24 bits per heavy atom. The molecule has 2 rings (SSSR count). The second-order valence-corrected chi connectivity index (χ2v) is 5.70. The average Bonchev–Trinajstić information content (AvgIpc) is 2.80. The van der Waals surface area contributed by atoms with Crippen LogP contribution in [0.1, 0.15) is 10.6 Å². The summed E-state index contributed by atoms with van der Waals surface area (Å²) in [4.78, 5) is 19.9. The molecular weight excluding hydrogens is 316 g/mol. The van der Waals surface area contributed by atoms with Crippen molar-refractivity contribution in [3.63, 3.8) is 0 Å². The van der Waals surface area contributed by atoms with E-state index in [9.17, 15) is 10.1 Å². The molecular formula is C13H13ClN2O4S. The van der Waals surface area contributed by atoms with Crippen LogP contribution in [0.2, 0.25) is 5.02 Å². The molecule has 0 fully saturated rings. The van der Waals surface area contributed by atoms with Gasteiger partial charge in [-0.05, 0) is 25.1 Å². The van der Waals surface area contributed by atoms with Gasteiger partial charge in [-0.1, -0.05) is 11.6 Å². The first-order valence-electron chi connectivity index (χ1n) is 6.08. The van der Waals surface area contributed by atoms with Crippen LogP contribution in [0.5, 0.6) is 5.75 Å². The highest BCUT2D eigenvalue weighted by molar-refractivity contribution is 7.15. The highest BCUT2D eigenvalue weighted by Gasteiger charge is 2.14. The molecule has 6 nitrogen and oxygen atoms in total. The molecule has 0 radical (unpaired) electrons. The molecule has 21 heavy (non-hydrogen) atoms. The SMILES string of the molecule is COc1ccc(Cl)cc1-c1nc(C)c(CCO[N+](=O)[O-])s1. The van der Waals surface area contributed by atoms with Crippen molar-refractivity contribution in [2.75, 3.05) is 13.7 Å². The van der Waals surface area contributed by atoms with E-state index < -0.39 is 5.09 Å². The lowest BCUT2D eigenvalue weighted by molar-refractivity contribution is -0.757. The minimum atomic E-state index is -0.794. The molecule has 0 saturated carbocycles. The molecule has 0 amide bonds. The summed E-state index contributed by atoms with van der Waals surface area (Å²) in [6.45, 7) is 1.88. The molecule has 112 valence electrons. The molecule has 0 spiro atoms. The van der Waals surface area contributed by atoms with Crippen LogP contribution in [0.3, 0.4) is 0 Å². The van der Waals surface area contributed by atoms with Gasteiger partial charge in [0, 0.05) is 16.3 Å². The number of hydrogen-bond donors (Lipinski definition) is 0. The maximum Gasteiger partial charge on any atom is 0.294 e. The molecule has 2 aromatic rings. The molecule has 8 heteroatoms. The van der Waals surface area contributed by atoms with Crippen LogP contribution in [-0.4, -0.2) is 23.8 Å². The Bertz CT molecular complexity index is 660. The number of methoxy groups -OCH3 is 1. The molecule has 0 bridgehead atoms. The maximum atomic E-state index is 10.2. The lowest BCUT2D eigenvalue weighted by Gasteiger charge is -2.05. The highest BCUT2D eigenvalue weighted by atomic mass is 35.5. The van der Waals surface area contributed by atoms with E-state index in [0.717, 1.165) is 21.1 Å². The Balaban J connectivity index is 2.25. The summed E-state index contributed by atoms with van der Waals surface area (Å²) < 4.78 is 5.31. The monoisotopic (exact) mass is 328 g/mol. The molecule has 0 N–H and O–H groups in total. The summed E-state index contributed by atoms with van der Waals surface area (Å²) in [6, 6.07) is 5.32. The fraction of sp³-hybridized carbons (Fsp3) is 0.308. The van der Waals surface area contributed by atoms with Gasteiger partial charge in [-0.3, -0.25) is 0 Å². The topological polar surface area (TPSA) is 74.5 Å². The van der Waals surface area contributed by atoms with E-state index in [1.54, 1.807) is 25.3 Å². The highest BCUT2D eigenvalue weighted by Crippen LogP contribution is 2.36. The Labute approximate surface area is 130 Å². The molecule has 0 unspecified atom stereocenters. The average molecular weight is 329 g/mol. The minimum Gasteiger partial charge on any atom is -0.496 e. The number of aromatic nitrogens is 1. The van der Waals surface area contributed by atoms with E-state index in [1.807, 2.05) is 6.92 Å². The Hall–Kier alpha value is -1.86. The van der Waals surface area contributed by atoms with E-state index in [0.29, 0.717) is 17.2 Å². The molecule has 0 aliphatic carbocycles. The van der Waals surface area contributed by atoms with Gasteiger partial charge in [-0.2, -0.15) is 0 Å². The largest absolute Gasteiger partial charge is 0.496 e. The summed E-state index contributed by atoms with van der Waals surface area (Å²) >= 11 is 7.47. The summed E-state index contributed by atoms with van der Waals surface area (Å²) in [5.41, 5.74) is 1.63. The number of halogens is 1. The first-order valence-corrected chi connectivity index (χ1v) is 7.28. The summed E-state index contributed by atoms with van der Waals surface area (Å²) in [7, 11) is 1.58. The van der Waals surface area contributed by atoms with E-state index in [4.69, 9.17) is 16.3 Å². The van der Waals surface area contributed by atoms with Crippen LogP contribution in [0.15, 0.2) is 18.2 Å². The lowest BCUT2D eigenvalue weighted by atomic mass is 10.2. The zero-order valence-electron chi connectivity index (χ0n) is 11.5. The molecule has 0 saturated heterocycles. The second-order valence-electron chi connectivity index (χ2n) is 4.18. The number of nitrogens with zero attached hydrogens (tertiary/aromatic N) is 2. The first kappa shape index (κ1) is 15.5. The van der Waals surface area contributed by atoms with Gasteiger partial charge in [0.2, 0.25) is 0 Å². The smallest absolute Gasteiger partial charge is 0.294 e. The number of rotatable bonds is 6. The van der Waals surface area contributed by atoms with Gasteiger partial charge in [0.25, 0.3) is 5.09 Å². The Morgan fingerprint density at radius 3 is 2.90 bits per heavy atom. The van der Waals surface area contributed by atoms with Crippen LogP contribution in [-0.2, 0) is 11.3 Å². The number of hydrogen-bond acceptors (Lipinski definition) is 6. The summed E-state index contributed by atoms with van der Waals surface area (Å²) in [5.74, 6) is 0.682. The molecule has 0 aliphatic heterocycles. The predicted molar refractivity (Wildman–Crippen MR) is 80.5 cm³/mol. The van der Waals surface area contributed by atoms with Crippen molar-refractivity contribution < 1.29 is 14.7 Å². The van der Waals surface area contributed by atoms with Gasteiger partial charge in [0.1, 0.15) is 17.4 Å². The van der Waals surface area contributed by atoms with Crippen molar-refractivity contribution in [1.82, 2.24) is 4.98 Å². The third-order valence-corrected chi connectivity index (χ3v) is 4.30. The standard InChI is InChI=1S/C13H13ClN2O4S/c1-8-12(5-6-20-16(17)18)21-13(15-8)10-7-9(14)3-4-11(10)19-2/h3-4,7H,5-6H2,1-2H3. The van der Waals surface area contributed by atoms with Crippen molar-refractivity contribution in [3.05, 3.63) is 43.9 Å². The quantitative estimate of drug-likeness (QED) is 0.599. The number of thiazole rings is 1. The Kier molecular flexibility index (Phi) is 4.98. The predicted octanol–water partition coefficient (Wildman–Crippen LogP) is 3.53.